The van der Waals surface area contributed by atoms with Crippen molar-refractivity contribution in [2.75, 3.05) is 18.6 Å². The first-order valence-electron chi connectivity index (χ1n) is 9.69. The number of carbonyl (C=O) groups excluding carboxylic acids is 2. The lowest BCUT2D eigenvalue weighted by atomic mass is 9.72. The predicted molar refractivity (Wildman–Crippen MR) is 120 cm³/mol. The topological polar surface area (TPSA) is 78.6 Å². The number of benzene rings is 2. The van der Waals surface area contributed by atoms with Crippen LogP contribution in [-0.2, 0) is 20.9 Å². The van der Waals surface area contributed by atoms with E-state index in [2.05, 4.69) is 0 Å². The van der Waals surface area contributed by atoms with Gasteiger partial charge in [0.1, 0.15) is 12.4 Å². The second-order valence-electron chi connectivity index (χ2n) is 7.22. The molecule has 1 saturated carbocycles. The van der Waals surface area contributed by atoms with Crippen LogP contribution in [0.15, 0.2) is 70.6 Å². The lowest BCUT2D eigenvalue weighted by Crippen LogP contribution is -2.62. The van der Waals surface area contributed by atoms with E-state index < -0.39 is 17.9 Å². The molecule has 0 saturated heterocycles. The largest absolute Gasteiger partial charge is 0.497 e. The summed E-state index contributed by atoms with van der Waals surface area (Å²) in [6.45, 7) is 0.149. The molecule has 2 aliphatic rings. The van der Waals surface area contributed by atoms with Crippen molar-refractivity contribution in [3.8, 4) is 5.75 Å². The van der Waals surface area contributed by atoms with Gasteiger partial charge in [-0.25, -0.2) is 4.79 Å². The normalized spacial score (nSPS) is 22.9. The number of hydrogen-bond donors (Lipinski definition) is 1. The maximum atomic E-state index is 13.0. The summed E-state index contributed by atoms with van der Waals surface area (Å²) >= 11 is 3.33. The van der Waals surface area contributed by atoms with Gasteiger partial charge in [-0.15, -0.1) is 11.8 Å². The van der Waals surface area contributed by atoms with Gasteiger partial charge in [0.05, 0.1) is 19.1 Å². The second kappa shape index (κ2) is 9.29. The van der Waals surface area contributed by atoms with Crippen LogP contribution < -0.4 is 10.5 Å². The summed E-state index contributed by atoms with van der Waals surface area (Å²) in [4.78, 5) is 26.6. The highest BCUT2D eigenvalue weighted by Gasteiger charge is 2.54. The average molecular weight is 442 g/mol. The third kappa shape index (κ3) is 4.29. The zero-order chi connectivity index (χ0) is 21.1. The van der Waals surface area contributed by atoms with Crippen LogP contribution in [0.25, 0.3) is 0 Å². The molecule has 1 aliphatic heterocycles. The summed E-state index contributed by atoms with van der Waals surface area (Å²) in [5.74, 6) is 1.16. The van der Waals surface area contributed by atoms with Crippen LogP contribution in [0.3, 0.4) is 0 Å². The summed E-state index contributed by atoms with van der Waals surface area (Å²) in [7, 11) is 1.61. The van der Waals surface area contributed by atoms with Crippen molar-refractivity contribution in [1.29, 1.82) is 0 Å². The first-order valence-corrected chi connectivity index (χ1v) is 11.7. The Labute approximate surface area is 184 Å². The molecule has 5 nitrogen and oxygen atoms in total. The van der Waals surface area contributed by atoms with E-state index in [1.54, 1.807) is 30.6 Å². The lowest BCUT2D eigenvalue weighted by molar-refractivity contribution is -0.143. The van der Waals surface area contributed by atoms with Gasteiger partial charge in [-0.2, -0.15) is 11.8 Å². The predicted octanol–water partition coefficient (Wildman–Crippen LogP) is 3.47. The molecule has 0 radical (unpaired) electrons. The average Bonchev–Trinajstić information content (AvgIpc) is 2.81. The van der Waals surface area contributed by atoms with Crippen LogP contribution in [-0.4, -0.2) is 41.7 Å². The summed E-state index contributed by atoms with van der Waals surface area (Å²) in [6, 6.07) is 16.9. The van der Waals surface area contributed by atoms with Crippen molar-refractivity contribution < 1.29 is 19.1 Å². The van der Waals surface area contributed by atoms with Gasteiger partial charge in [-0.1, -0.05) is 30.3 Å². The van der Waals surface area contributed by atoms with E-state index >= 15 is 0 Å². The van der Waals surface area contributed by atoms with E-state index in [0.717, 1.165) is 21.8 Å². The Hall–Kier alpha value is -2.22. The molecule has 0 amide bonds. The smallest absolute Gasteiger partial charge is 0.335 e. The highest BCUT2D eigenvalue weighted by Crippen LogP contribution is 2.46. The second-order valence-corrected chi connectivity index (χ2v) is 9.44. The molecule has 2 unspecified atom stereocenters. The molecule has 1 fully saturated rings. The first kappa shape index (κ1) is 21.0. The summed E-state index contributed by atoms with van der Waals surface area (Å²) in [5, 5.41) is -0.0356. The van der Waals surface area contributed by atoms with E-state index in [0.29, 0.717) is 17.1 Å². The molecule has 1 heterocycles. The van der Waals surface area contributed by atoms with Gasteiger partial charge in [-0.3, -0.25) is 4.79 Å². The Morgan fingerprint density at radius 3 is 2.60 bits per heavy atom. The molecule has 7 heteroatoms. The molecule has 0 spiro atoms. The number of esters is 1. The third-order valence-electron chi connectivity index (χ3n) is 5.36. The van der Waals surface area contributed by atoms with E-state index in [9.17, 15) is 9.59 Å². The molecule has 156 valence electrons. The van der Waals surface area contributed by atoms with Crippen LogP contribution in [0.5, 0.6) is 5.75 Å². The SMILES string of the molecule is COc1ccc(COC(=O)C2=C(CSc3ccccc3)CSC3C2C(=O)[C@H]3N)cc1. The van der Waals surface area contributed by atoms with Gasteiger partial charge < -0.3 is 15.2 Å². The Bertz CT molecular complexity index is 959. The van der Waals surface area contributed by atoms with E-state index in [1.807, 2.05) is 54.6 Å². The van der Waals surface area contributed by atoms with Crippen molar-refractivity contribution >= 4 is 35.3 Å². The molecule has 3 atom stereocenters. The molecule has 2 N–H and O–H groups in total. The van der Waals surface area contributed by atoms with Gasteiger partial charge in [0, 0.05) is 27.2 Å². The molecule has 2 aromatic carbocycles. The van der Waals surface area contributed by atoms with Crippen LogP contribution >= 0.6 is 23.5 Å². The fourth-order valence-corrected chi connectivity index (χ4v) is 6.18. The summed E-state index contributed by atoms with van der Waals surface area (Å²) in [5.41, 5.74) is 8.33. The number of nitrogens with two attached hydrogens (primary N) is 1. The molecule has 0 aromatic heterocycles. The van der Waals surface area contributed by atoms with E-state index in [4.69, 9.17) is 15.2 Å². The van der Waals surface area contributed by atoms with Crippen molar-refractivity contribution in [1.82, 2.24) is 0 Å². The Kier molecular flexibility index (Phi) is 6.51. The zero-order valence-corrected chi connectivity index (χ0v) is 18.2. The highest BCUT2D eigenvalue weighted by atomic mass is 32.2. The van der Waals surface area contributed by atoms with Crippen LogP contribution in [0.4, 0.5) is 0 Å². The van der Waals surface area contributed by atoms with Crippen LogP contribution in [0, 0.1) is 5.92 Å². The molecule has 30 heavy (non-hydrogen) atoms. The monoisotopic (exact) mass is 441 g/mol. The minimum atomic E-state index is -0.493. The van der Waals surface area contributed by atoms with Gasteiger partial charge in [0.15, 0.2) is 5.78 Å². The summed E-state index contributed by atoms with van der Waals surface area (Å²) in [6.07, 6.45) is 0. The van der Waals surface area contributed by atoms with Crippen molar-refractivity contribution in [2.24, 2.45) is 11.7 Å². The third-order valence-corrected chi connectivity index (χ3v) is 7.93. The fraction of sp³-hybridized carbons (Fsp3) is 0.304. The maximum Gasteiger partial charge on any atom is 0.335 e. The number of methoxy groups -OCH3 is 1. The van der Waals surface area contributed by atoms with E-state index in [-0.39, 0.29) is 17.6 Å². The minimum Gasteiger partial charge on any atom is -0.497 e. The van der Waals surface area contributed by atoms with E-state index in [1.165, 1.54) is 0 Å². The minimum absolute atomic E-state index is 0.0356. The fourth-order valence-electron chi connectivity index (χ4n) is 3.65. The number of hydrogen-bond acceptors (Lipinski definition) is 7. The van der Waals surface area contributed by atoms with Crippen molar-refractivity contribution in [2.45, 2.75) is 22.8 Å². The molecule has 2 aromatic rings. The number of rotatable bonds is 7. The lowest BCUT2D eigenvalue weighted by Gasteiger charge is -2.44. The quantitative estimate of drug-likeness (QED) is 0.521. The highest BCUT2D eigenvalue weighted by molar-refractivity contribution is 8.01. The van der Waals surface area contributed by atoms with Gasteiger partial charge in [0.25, 0.3) is 0 Å². The molecule has 1 aliphatic carbocycles. The standard InChI is InChI=1S/C23H23NO4S2/c1-27-16-9-7-14(8-10-16)11-28-23(26)18-15(12-29-17-5-3-2-4-6-17)13-30-22-19(18)21(25)20(22)24/h2-10,19-20,22H,11-13,24H2,1H3/t19?,20-,22?/m1/s1. The number of ether oxygens (including phenoxy) is 2. The Balaban J connectivity index is 1.51. The Morgan fingerprint density at radius 1 is 1.17 bits per heavy atom. The van der Waals surface area contributed by atoms with Gasteiger partial charge in [0.2, 0.25) is 0 Å². The first-order chi connectivity index (χ1) is 14.6. The van der Waals surface area contributed by atoms with Gasteiger partial charge >= 0.3 is 5.97 Å². The summed E-state index contributed by atoms with van der Waals surface area (Å²) < 4.78 is 10.8. The number of carbonyl (C=O) groups is 2. The number of ketones is 1. The zero-order valence-electron chi connectivity index (χ0n) is 16.6. The van der Waals surface area contributed by atoms with Crippen LogP contribution in [0.1, 0.15) is 5.56 Å². The molecular formula is C23H23NO4S2. The van der Waals surface area contributed by atoms with Gasteiger partial charge in [-0.05, 0) is 35.4 Å². The molecular weight excluding hydrogens is 418 g/mol. The molecule has 4 rings (SSSR count). The number of fused-ring (bicyclic) bond motifs is 1. The number of thioether (sulfide) groups is 2. The maximum absolute atomic E-state index is 13.0. The van der Waals surface area contributed by atoms with Crippen LogP contribution in [0.2, 0.25) is 0 Å². The Morgan fingerprint density at radius 2 is 1.90 bits per heavy atom. The molecule has 0 bridgehead atoms. The van der Waals surface area contributed by atoms with Crippen molar-refractivity contribution in [3.63, 3.8) is 0 Å². The number of Topliss-reactive ketones (excluding diaryl/α,β-unsaturated/α-hetero) is 1. The van der Waals surface area contributed by atoms with Crippen molar-refractivity contribution in [3.05, 3.63) is 71.3 Å².